The third-order valence-electron chi connectivity index (χ3n) is 3.10. The minimum atomic E-state index is -5.28. The Labute approximate surface area is 138 Å². The van der Waals surface area contributed by atoms with Gasteiger partial charge in [-0.05, 0) is 17.9 Å². The van der Waals surface area contributed by atoms with Gasteiger partial charge in [-0.15, -0.1) is 0 Å². The van der Waals surface area contributed by atoms with Crippen molar-refractivity contribution in [3.05, 3.63) is 40.4 Å². The van der Waals surface area contributed by atoms with Gasteiger partial charge in [0.2, 0.25) is 0 Å². The highest BCUT2D eigenvalue weighted by Gasteiger charge is 2.42. The van der Waals surface area contributed by atoms with Crippen LogP contribution in [0.2, 0.25) is 0 Å². The van der Waals surface area contributed by atoms with E-state index in [1.54, 1.807) is 0 Å². The highest BCUT2D eigenvalue weighted by atomic mass is 19.4. The first-order chi connectivity index (χ1) is 11.4. The van der Waals surface area contributed by atoms with Gasteiger partial charge in [0.1, 0.15) is 5.69 Å². The van der Waals surface area contributed by atoms with E-state index in [2.05, 4.69) is 4.98 Å². The van der Waals surface area contributed by atoms with Crippen molar-refractivity contribution >= 4 is 11.8 Å². The van der Waals surface area contributed by atoms with Crippen molar-refractivity contribution in [1.29, 1.82) is 0 Å². The van der Waals surface area contributed by atoms with Gasteiger partial charge in [0.15, 0.2) is 11.5 Å². The van der Waals surface area contributed by atoms with Gasteiger partial charge in [-0.3, -0.25) is 4.79 Å². The summed E-state index contributed by atoms with van der Waals surface area (Å²) < 4.78 is 66.0. The van der Waals surface area contributed by atoms with Crippen molar-refractivity contribution in [2.75, 3.05) is 0 Å². The second kappa shape index (κ2) is 7.58. The zero-order valence-corrected chi connectivity index (χ0v) is 13.1. The topological polar surface area (TPSA) is 87.5 Å². The van der Waals surface area contributed by atoms with E-state index in [-0.39, 0.29) is 12.7 Å². The molecule has 0 aromatic carbocycles. The predicted octanol–water partition coefficient (Wildman–Crippen LogP) is 4.19. The molecule has 0 saturated carbocycles. The van der Waals surface area contributed by atoms with E-state index in [4.69, 9.17) is 5.11 Å². The number of aliphatic hydroxyl groups excluding tert-OH is 1. The molecule has 25 heavy (non-hydrogen) atoms. The highest BCUT2D eigenvalue weighted by molar-refractivity contribution is 6.08. The summed E-state index contributed by atoms with van der Waals surface area (Å²) in [5, 5.41) is 17.9. The lowest BCUT2D eigenvalue weighted by molar-refractivity contribution is -0.141. The second-order valence-electron chi connectivity index (χ2n) is 5.46. The van der Waals surface area contributed by atoms with Crippen molar-refractivity contribution in [3.8, 4) is 0 Å². The van der Waals surface area contributed by atoms with Crippen LogP contribution in [0.1, 0.15) is 57.9 Å². The van der Waals surface area contributed by atoms with Crippen molar-refractivity contribution in [3.63, 3.8) is 0 Å². The molecule has 0 atom stereocenters. The molecule has 0 aliphatic carbocycles. The fourth-order valence-electron chi connectivity index (χ4n) is 2.29. The maximum absolute atomic E-state index is 13.2. The number of aromatic nitrogens is 1. The van der Waals surface area contributed by atoms with E-state index in [1.165, 1.54) is 13.8 Å². The lowest BCUT2D eigenvalue weighted by Gasteiger charge is -2.20. The molecule has 0 bridgehead atoms. The smallest absolute Gasteiger partial charge is 0.434 e. The maximum atomic E-state index is 13.2. The quantitative estimate of drug-likeness (QED) is 0.341. The Hall–Kier alpha value is -2.52. The van der Waals surface area contributed by atoms with Crippen LogP contribution in [0.3, 0.4) is 0 Å². The molecule has 0 fully saturated rings. The summed E-state index contributed by atoms with van der Waals surface area (Å²) in [5.41, 5.74) is -6.45. The summed E-state index contributed by atoms with van der Waals surface area (Å²) in [6, 6.07) is 0. The summed E-state index contributed by atoms with van der Waals surface area (Å²) in [5.74, 6) is -3.76. The maximum Gasteiger partial charge on any atom is 0.434 e. The number of nitrogens with zero attached hydrogens (tertiary/aromatic N) is 1. The molecule has 1 aromatic rings. The van der Waals surface area contributed by atoms with E-state index in [1.807, 2.05) is 0 Å². The largest absolute Gasteiger partial charge is 0.515 e. The molecule has 1 heterocycles. The van der Waals surface area contributed by atoms with Gasteiger partial charge in [0.05, 0.1) is 17.4 Å². The molecule has 0 spiro atoms. The molecule has 0 radical (unpaired) electrons. The number of rotatable bonds is 6. The number of pyridine rings is 1. The molecule has 138 valence electrons. The van der Waals surface area contributed by atoms with Crippen LogP contribution in [-0.4, -0.2) is 26.9 Å². The average molecular weight is 367 g/mol. The van der Waals surface area contributed by atoms with Gasteiger partial charge < -0.3 is 10.2 Å². The lowest BCUT2D eigenvalue weighted by Crippen LogP contribution is -2.24. The summed E-state index contributed by atoms with van der Waals surface area (Å²) >= 11 is 0. The molecule has 0 amide bonds. The summed E-state index contributed by atoms with van der Waals surface area (Å²) in [6.45, 7) is 3.02. The normalized spacial score (nSPS) is 12.4. The number of carboxylic acids is 1. The van der Waals surface area contributed by atoms with Gasteiger partial charge in [0, 0.05) is 6.08 Å². The van der Waals surface area contributed by atoms with Crippen molar-refractivity contribution in [2.24, 2.45) is 5.92 Å². The summed E-state index contributed by atoms with van der Waals surface area (Å²) in [7, 11) is 0. The Morgan fingerprint density at radius 1 is 1.20 bits per heavy atom. The van der Waals surface area contributed by atoms with E-state index in [9.17, 15) is 36.6 Å². The van der Waals surface area contributed by atoms with Crippen LogP contribution in [0.25, 0.3) is 0 Å². The first-order valence-electron chi connectivity index (χ1n) is 6.92. The zero-order chi connectivity index (χ0) is 19.5. The number of hydrogen-bond acceptors (Lipinski definition) is 4. The number of carbonyl (C=O) groups is 2. The Bertz CT molecular complexity index is 711. The van der Waals surface area contributed by atoms with Gasteiger partial charge >= 0.3 is 12.1 Å². The number of halogens is 5. The van der Waals surface area contributed by atoms with Crippen LogP contribution in [0.4, 0.5) is 22.0 Å². The third kappa shape index (κ3) is 4.52. The number of allylic oxidation sites excluding steroid dienone is 1. The Morgan fingerprint density at radius 3 is 2.12 bits per heavy atom. The Balaban J connectivity index is 4.07. The van der Waals surface area contributed by atoms with E-state index in [0.717, 1.165) is 0 Å². The monoisotopic (exact) mass is 367 g/mol. The molecule has 0 unspecified atom stereocenters. The van der Waals surface area contributed by atoms with Crippen LogP contribution in [0, 0.1) is 5.92 Å². The van der Waals surface area contributed by atoms with Gasteiger partial charge in [-0.25, -0.2) is 18.6 Å². The second-order valence-corrected chi connectivity index (χ2v) is 5.46. The Kier molecular flexibility index (Phi) is 6.22. The molecule has 5 nitrogen and oxygen atoms in total. The number of aliphatic hydroxyl groups is 1. The van der Waals surface area contributed by atoms with Crippen molar-refractivity contribution < 1.29 is 41.8 Å². The Morgan fingerprint density at radius 2 is 1.76 bits per heavy atom. The molecular weight excluding hydrogens is 353 g/mol. The molecule has 10 heteroatoms. The first kappa shape index (κ1) is 20.5. The zero-order valence-electron chi connectivity index (χ0n) is 13.1. The van der Waals surface area contributed by atoms with E-state index < -0.39 is 58.4 Å². The highest BCUT2D eigenvalue weighted by Crippen LogP contribution is 2.37. The number of aromatic carboxylic acids is 1. The predicted molar refractivity (Wildman–Crippen MR) is 75.8 cm³/mol. The average Bonchev–Trinajstić information content (AvgIpc) is 2.43. The number of carbonyl (C=O) groups excluding carboxylic acids is 1. The van der Waals surface area contributed by atoms with Crippen molar-refractivity contribution in [2.45, 2.75) is 32.9 Å². The van der Waals surface area contributed by atoms with Crippen LogP contribution in [0.5, 0.6) is 0 Å². The minimum absolute atomic E-state index is 0.170. The van der Waals surface area contributed by atoms with Gasteiger partial charge in [-0.2, -0.15) is 13.2 Å². The van der Waals surface area contributed by atoms with Gasteiger partial charge in [0.25, 0.3) is 6.43 Å². The molecule has 2 N–H and O–H groups in total. The van der Waals surface area contributed by atoms with Crippen LogP contribution in [0.15, 0.2) is 12.3 Å². The number of carboxylic acid groups (broad SMARTS) is 1. The van der Waals surface area contributed by atoms with Crippen LogP contribution < -0.4 is 0 Å². The molecule has 0 saturated heterocycles. The minimum Gasteiger partial charge on any atom is -0.515 e. The van der Waals surface area contributed by atoms with E-state index >= 15 is 0 Å². The number of hydrogen-bond donors (Lipinski definition) is 2. The lowest BCUT2D eigenvalue weighted by atomic mass is 9.89. The molecule has 1 rings (SSSR count). The SMILES string of the molecule is CC(C)Cc1c(C(=O)O)c(C(F)F)nc(C(F)(F)F)c1C(=O)/C=C\O. The number of ketones is 1. The van der Waals surface area contributed by atoms with Gasteiger partial charge in [-0.1, -0.05) is 13.8 Å². The molecule has 0 aliphatic heterocycles. The molecule has 0 aliphatic rings. The molecular formula is C15H14F5NO4. The standard InChI is InChI=1S/C15H14F5NO4/c1-6(2)5-7-9(8(23)3-4-22)12(15(18,19)20)21-11(13(16)17)10(7)14(24)25/h3-4,6,13,22H,5H2,1-2H3,(H,24,25)/b4-3-. The molecule has 1 aromatic heterocycles. The fourth-order valence-corrected chi connectivity index (χ4v) is 2.29. The van der Waals surface area contributed by atoms with Crippen LogP contribution in [-0.2, 0) is 12.6 Å². The first-order valence-corrected chi connectivity index (χ1v) is 6.92. The van der Waals surface area contributed by atoms with Crippen molar-refractivity contribution in [1.82, 2.24) is 4.98 Å². The third-order valence-corrected chi connectivity index (χ3v) is 3.10. The fraction of sp³-hybridized carbons (Fsp3) is 0.400. The summed E-state index contributed by atoms with van der Waals surface area (Å²) in [4.78, 5) is 26.1. The number of alkyl halides is 5. The summed E-state index contributed by atoms with van der Waals surface area (Å²) in [6.07, 6.45) is -8.71. The van der Waals surface area contributed by atoms with Crippen LogP contribution >= 0.6 is 0 Å². The van der Waals surface area contributed by atoms with E-state index in [0.29, 0.717) is 6.08 Å².